The van der Waals surface area contributed by atoms with Crippen LogP contribution in [0.4, 0.5) is 5.69 Å². The van der Waals surface area contributed by atoms with E-state index in [4.69, 9.17) is 17.0 Å². The minimum Gasteiger partial charge on any atom is -0.496 e. The highest BCUT2D eigenvalue weighted by Crippen LogP contribution is 2.15. The summed E-state index contributed by atoms with van der Waals surface area (Å²) in [5.74, 6) is 0.775. The van der Waals surface area contributed by atoms with E-state index >= 15 is 0 Å². The van der Waals surface area contributed by atoms with E-state index in [9.17, 15) is 0 Å². The van der Waals surface area contributed by atoms with Gasteiger partial charge in [-0.05, 0) is 49.0 Å². The minimum absolute atomic E-state index is 0.525. The van der Waals surface area contributed by atoms with Crippen LogP contribution < -0.4 is 10.1 Å². The summed E-state index contributed by atoms with van der Waals surface area (Å²) in [5, 5.41) is 9.65. The number of thiocarbonyl (C=S) groups is 1. The lowest BCUT2D eigenvalue weighted by molar-refractivity contribution is 0.414. The maximum atomic E-state index is 5.35. The average Bonchev–Trinajstić information content (AvgIpc) is 2.52. The van der Waals surface area contributed by atoms with Crippen molar-refractivity contribution in [2.24, 2.45) is 5.10 Å². The molecular formula is C17H19N3OS. The number of hydrazone groups is 1. The first-order chi connectivity index (χ1) is 10.6. The summed E-state index contributed by atoms with van der Waals surface area (Å²) in [5.41, 5.74) is 3.02. The zero-order valence-corrected chi connectivity index (χ0v) is 13.7. The number of nitrogens with zero attached hydrogens (tertiary/aromatic N) is 2. The van der Waals surface area contributed by atoms with Crippen molar-refractivity contribution in [3.8, 4) is 5.75 Å². The fraction of sp³-hybridized carbons (Fsp3) is 0.176. The van der Waals surface area contributed by atoms with Gasteiger partial charge in [0.1, 0.15) is 5.75 Å². The Morgan fingerprint density at radius 3 is 2.73 bits per heavy atom. The van der Waals surface area contributed by atoms with Gasteiger partial charge in [-0.15, -0.1) is 0 Å². The van der Waals surface area contributed by atoms with E-state index in [1.165, 1.54) is 5.56 Å². The van der Waals surface area contributed by atoms with Crippen LogP contribution >= 0.6 is 12.2 Å². The Balaban J connectivity index is 2.03. The van der Waals surface area contributed by atoms with Crippen molar-refractivity contribution >= 4 is 29.2 Å². The van der Waals surface area contributed by atoms with Crippen molar-refractivity contribution < 1.29 is 4.74 Å². The zero-order chi connectivity index (χ0) is 15.9. The molecule has 0 amide bonds. The number of hydrogen-bond donors (Lipinski definition) is 1. The number of rotatable bonds is 4. The quantitative estimate of drug-likeness (QED) is 0.531. The number of para-hydroxylation sites is 1. The lowest BCUT2D eigenvalue weighted by atomic mass is 10.2. The van der Waals surface area contributed by atoms with E-state index in [1.54, 1.807) is 25.4 Å². The van der Waals surface area contributed by atoms with E-state index in [0.29, 0.717) is 5.11 Å². The molecule has 0 spiro atoms. The zero-order valence-electron chi connectivity index (χ0n) is 12.9. The van der Waals surface area contributed by atoms with Gasteiger partial charge in [0, 0.05) is 18.3 Å². The van der Waals surface area contributed by atoms with Crippen molar-refractivity contribution in [1.82, 2.24) is 5.01 Å². The number of hydrogen-bond acceptors (Lipinski definition) is 3. The molecular weight excluding hydrogens is 294 g/mol. The number of benzene rings is 2. The molecule has 0 fully saturated rings. The molecule has 4 nitrogen and oxygen atoms in total. The molecule has 0 aliphatic carbocycles. The topological polar surface area (TPSA) is 36.9 Å². The van der Waals surface area contributed by atoms with Gasteiger partial charge >= 0.3 is 0 Å². The van der Waals surface area contributed by atoms with E-state index in [2.05, 4.69) is 10.4 Å². The summed E-state index contributed by atoms with van der Waals surface area (Å²) in [7, 11) is 3.44. The standard InChI is InChI=1S/C17H19N3OS/c1-13-7-6-9-15(11-13)19-17(22)20(2)18-12-14-8-4-5-10-16(14)21-3/h4-12H,1-3H3,(H,19,22)/b18-12+. The summed E-state index contributed by atoms with van der Waals surface area (Å²) < 4.78 is 5.29. The van der Waals surface area contributed by atoms with Crippen LogP contribution in [-0.4, -0.2) is 30.5 Å². The number of ether oxygens (including phenoxy) is 1. The van der Waals surface area contributed by atoms with E-state index < -0.39 is 0 Å². The van der Waals surface area contributed by atoms with Gasteiger partial charge in [-0.3, -0.25) is 0 Å². The van der Waals surface area contributed by atoms with Gasteiger partial charge in [0.05, 0.1) is 13.3 Å². The predicted molar refractivity (Wildman–Crippen MR) is 95.8 cm³/mol. The first-order valence-electron chi connectivity index (χ1n) is 6.88. The average molecular weight is 313 g/mol. The Morgan fingerprint density at radius 1 is 1.23 bits per heavy atom. The Kier molecular flexibility index (Phi) is 5.49. The first kappa shape index (κ1) is 16.0. The fourth-order valence-corrected chi connectivity index (χ4v) is 2.07. The molecule has 0 unspecified atom stereocenters. The molecule has 0 atom stereocenters. The number of methoxy groups -OCH3 is 1. The second-order valence-corrected chi connectivity index (χ2v) is 5.20. The predicted octanol–water partition coefficient (Wildman–Crippen LogP) is 3.67. The molecule has 0 aliphatic rings. The molecule has 2 rings (SSSR count). The smallest absolute Gasteiger partial charge is 0.193 e. The van der Waals surface area contributed by atoms with Crippen LogP contribution in [0.2, 0.25) is 0 Å². The van der Waals surface area contributed by atoms with Gasteiger partial charge in [-0.2, -0.15) is 5.10 Å². The second-order valence-electron chi connectivity index (χ2n) is 4.81. The van der Waals surface area contributed by atoms with Crippen molar-refractivity contribution in [2.75, 3.05) is 19.5 Å². The van der Waals surface area contributed by atoms with Crippen molar-refractivity contribution in [2.45, 2.75) is 6.92 Å². The Morgan fingerprint density at radius 2 is 2.00 bits per heavy atom. The van der Waals surface area contributed by atoms with Gasteiger partial charge in [-0.1, -0.05) is 24.3 Å². The molecule has 0 saturated heterocycles. The van der Waals surface area contributed by atoms with Gasteiger partial charge in [0.15, 0.2) is 5.11 Å². The molecule has 1 N–H and O–H groups in total. The lowest BCUT2D eigenvalue weighted by Gasteiger charge is -2.16. The maximum Gasteiger partial charge on any atom is 0.193 e. The molecule has 0 bridgehead atoms. The van der Waals surface area contributed by atoms with Crippen LogP contribution in [0, 0.1) is 6.92 Å². The van der Waals surface area contributed by atoms with Crippen LogP contribution in [0.25, 0.3) is 0 Å². The fourth-order valence-electron chi connectivity index (χ4n) is 1.90. The van der Waals surface area contributed by atoms with Crippen LogP contribution in [0.3, 0.4) is 0 Å². The van der Waals surface area contributed by atoms with Crippen LogP contribution in [0.5, 0.6) is 5.75 Å². The van der Waals surface area contributed by atoms with Gasteiger partial charge in [0.25, 0.3) is 0 Å². The van der Waals surface area contributed by atoms with Crippen LogP contribution in [-0.2, 0) is 0 Å². The largest absolute Gasteiger partial charge is 0.496 e. The molecule has 0 radical (unpaired) electrons. The lowest BCUT2D eigenvalue weighted by Crippen LogP contribution is -2.26. The summed E-state index contributed by atoms with van der Waals surface area (Å²) in [6.07, 6.45) is 1.73. The molecule has 5 heteroatoms. The third kappa shape index (κ3) is 4.30. The Labute approximate surface area is 136 Å². The number of nitrogens with one attached hydrogen (secondary N) is 1. The van der Waals surface area contributed by atoms with Gasteiger partial charge in [-0.25, -0.2) is 5.01 Å². The summed E-state index contributed by atoms with van der Waals surface area (Å²) in [6.45, 7) is 2.04. The maximum absolute atomic E-state index is 5.35. The summed E-state index contributed by atoms with van der Waals surface area (Å²) in [6, 6.07) is 15.7. The van der Waals surface area contributed by atoms with Gasteiger partial charge in [0.2, 0.25) is 0 Å². The molecule has 2 aromatic rings. The van der Waals surface area contributed by atoms with Crippen LogP contribution in [0.1, 0.15) is 11.1 Å². The van der Waals surface area contributed by atoms with Crippen molar-refractivity contribution in [3.05, 3.63) is 59.7 Å². The summed E-state index contributed by atoms with van der Waals surface area (Å²) >= 11 is 5.35. The Bertz CT molecular complexity index is 685. The molecule has 0 aromatic heterocycles. The monoisotopic (exact) mass is 313 g/mol. The van der Waals surface area contributed by atoms with E-state index in [1.807, 2.05) is 55.5 Å². The Hall–Kier alpha value is -2.40. The van der Waals surface area contributed by atoms with Crippen molar-refractivity contribution in [1.29, 1.82) is 0 Å². The minimum atomic E-state index is 0.525. The second kappa shape index (κ2) is 7.56. The normalized spacial score (nSPS) is 10.5. The first-order valence-corrected chi connectivity index (χ1v) is 7.29. The molecule has 0 aliphatic heterocycles. The number of anilines is 1. The third-order valence-electron chi connectivity index (χ3n) is 3.07. The highest BCUT2D eigenvalue weighted by molar-refractivity contribution is 7.80. The molecule has 2 aromatic carbocycles. The highest BCUT2D eigenvalue weighted by atomic mass is 32.1. The van der Waals surface area contributed by atoms with E-state index in [-0.39, 0.29) is 0 Å². The number of aryl methyl sites for hydroxylation is 1. The molecule has 114 valence electrons. The van der Waals surface area contributed by atoms with Crippen LogP contribution in [0.15, 0.2) is 53.6 Å². The SMILES string of the molecule is COc1ccccc1/C=N/N(C)C(=S)Nc1cccc(C)c1. The molecule has 22 heavy (non-hydrogen) atoms. The molecule has 0 heterocycles. The van der Waals surface area contributed by atoms with Gasteiger partial charge < -0.3 is 10.1 Å². The highest BCUT2D eigenvalue weighted by Gasteiger charge is 2.04. The molecule has 0 saturated carbocycles. The van der Waals surface area contributed by atoms with Crippen molar-refractivity contribution in [3.63, 3.8) is 0 Å². The summed E-state index contributed by atoms with van der Waals surface area (Å²) in [4.78, 5) is 0. The third-order valence-corrected chi connectivity index (χ3v) is 3.44. The van der Waals surface area contributed by atoms with E-state index in [0.717, 1.165) is 17.0 Å².